The monoisotopic (exact) mass is 426 g/mol. The maximum atomic E-state index is 12.7. The summed E-state index contributed by atoms with van der Waals surface area (Å²) in [5.41, 5.74) is 0.735. The molecule has 8 heteroatoms. The minimum Gasteiger partial charge on any atom is -0.339 e. The molecule has 1 aliphatic rings. The van der Waals surface area contributed by atoms with E-state index in [9.17, 15) is 13.2 Å². The van der Waals surface area contributed by atoms with Gasteiger partial charge < -0.3 is 4.90 Å². The van der Waals surface area contributed by atoms with Crippen molar-refractivity contribution in [2.45, 2.75) is 30.7 Å². The standard InChI is InChI=1S/C19H20Cl2N2O3S/c1-12(13-6-7-13)23(2)19(24)14-4-3-5-15(10-14)22-27(25,26)16-8-9-17(20)18(21)11-16/h3-5,8-13,22H,6-7H2,1-2H3/t12-/m0/s1. The zero-order chi connectivity index (χ0) is 19.8. The highest BCUT2D eigenvalue weighted by Crippen LogP contribution is 2.35. The Kier molecular flexibility index (Phi) is 5.70. The Morgan fingerprint density at radius 3 is 2.48 bits per heavy atom. The van der Waals surface area contributed by atoms with Gasteiger partial charge in [-0.15, -0.1) is 0 Å². The summed E-state index contributed by atoms with van der Waals surface area (Å²) in [6, 6.07) is 10.7. The lowest BCUT2D eigenvalue weighted by molar-refractivity contribution is 0.0727. The van der Waals surface area contributed by atoms with E-state index in [2.05, 4.69) is 4.72 Å². The number of hydrogen-bond acceptors (Lipinski definition) is 3. The van der Waals surface area contributed by atoms with E-state index in [1.165, 1.54) is 24.3 Å². The maximum Gasteiger partial charge on any atom is 0.261 e. The summed E-state index contributed by atoms with van der Waals surface area (Å²) in [7, 11) is -2.08. The van der Waals surface area contributed by atoms with Crippen molar-refractivity contribution < 1.29 is 13.2 Å². The Bertz CT molecular complexity index is 975. The molecule has 1 aliphatic carbocycles. The van der Waals surface area contributed by atoms with Gasteiger partial charge in [-0.25, -0.2) is 8.42 Å². The molecule has 5 nitrogen and oxygen atoms in total. The molecule has 0 spiro atoms. The van der Waals surface area contributed by atoms with Crippen LogP contribution in [0.3, 0.4) is 0 Å². The summed E-state index contributed by atoms with van der Waals surface area (Å²) in [6.07, 6.45) is 2.28. The number of carbonyl (C=O) groups excluding carboxylic acids is 1. The van der Waals surface area contributed by atoms with Crippen molar-refractivity contribution >= 4 is 44.8 Å². The first-order valence-corrected chi connectivity index (χ1v) is 10.8. The van der Waals surface area contributed by atoms with Crippen LogP contribution in [-0.4, -0.2) is 32.3 Å². The Balaban J connectivity index is 1.80. The second-order valence-electron chi connectivity index (χ2n) is 6.76. The van der Waals surface area contributed by atoms with Gasteiger partial charge in [-0.1, -0.05) is 29.3 Å². The smallest absolute Gasteiger partial charge is 0.261 e. The first-order valence-electron chi connectivity index (χ1n) is 8.54. The van der Waals surface area contributed by atoms with Gasteiger partial charge in [0.05, 0.1) is 14.9 Å². The number of rotatable bonds is 6. The molecular weight excluding hydrogens is 407 g/mol. The number of nitrogens with zero attached hydrogens (tertiary/aromatic N) is 1. The lowest BCUT2D eigenvalue weighted by atomic mass is 10.1. The van der Waals surface area contributed by atoms with Gasteiger partial charge in [0.1, 0.15) is 0 Å². The molecule has 0 radical (unpaired) electrons. The van der Waals surface area contributed by atoms with Crippen LogP contribution in [-0.2, 0) is 10.0 Å². The summed E-state index contributed by atoms with van der Waals surface area (Å²) < 4.78 is 27.6. The number of benzene rings is 2. The van der Waals surface area contributed by atoms with Gasteiger partial charge in [0, 0.05) is 24.3 Å². The van der Waals surface area contributed by atoms with E-state index in [4.69, 9.17) is 23.2 Å². The fourth-order valence-corrected chi connectivity index (χ4v) is 4.30. The number of hydrogen-bond donors (Lipinski definition) is 1. The summed E-state index contributed by atoms with van der Waals surface area (Å²) in [5, 5.41) is 0.426. The third-order valence-electron chi connectivity index (χ3n) is 4.80. The van der Waals surface area contributed by atoms with E-state index in [-0.39, 0.29) is 26.9 Å². The number of sulfonamides is 1. The van der Waals surface area contributed by atoms with E-state index in [1.54, 1.807) is 30.1 Å². The second kappa shape index (κ2) is 7.70. The van der Waals surface area contributed by atoms with E-state index in [0.717, 1.165) is 12.8 Å². The van der Waals surface area contributed by atoms with Gasteiger partial charge in [-0.05, 0) is 62.1 Å². The number of halogens is 2. The van der Waals surface area contributed by atoms with Crippen molar-refractivity contribution in [2.24, 2.45) is 5.92 Å². The molecule has 0 aliphatic heterocycles. The molecule has 0 saturated heterocycles. The number of anilines is 1. The number of amides is 1. The molecular formula is C19H20Cl2N2O3S. The van der Waals surface area contributed by atoms with Gasteiger partial charge in [-0.3, -0.25) is 9.52 Å². The van der Waals surface area contributed by atoms with Gasteiger partial charge in [-0.2, -0.15) is 0 Å². The van der Waals surface area contributed by atoms with Crippen LogP contribution >= 0.6 is 23.2 Å². The largest absolute Gasteiger partial charge is 0.339 e. The Morgan fingerprint density at radius 2 is 1.85 bits per heavy atom. The third kappa shape index (κ3) is 4.57. The van der Waals surface area contributed by atoms with Crippen molar-refractivity contribution in [3.8, 4) is 0 Å². The number of carbonyl (C=O) groups is 1. The van der Waals surface area contributed by atoms with Crippen LogP contribution in [0.2, 0.25) is 10.0 Å². The molecule has 0 bridgehead atoms. The van der Waals surface area contributed by atoms with E-state index in [1.807, 2.05) is 6.92 Å². The topological polar surface area (TPSA) is 66.5 Å². The summed E-state index contributed by atoms with van der Waals surface area (Å²) in [4.78, 5) is 14.4. The Labute approximate surface area is 169 Å². The lowest BCUT2D eigenvalue weighted by Crippen LogP contribution is -2.36. The van der Waals surface area contributed by atoms with E-state index < -0.39 is 10.0 Å². The molecule has 2 aromatic rings. The normalized spacial score (nSPS) is 15.3. The van der Waals surface area contributed by atoms with Crippen LogP contribution in [0.1, 0.15) is 30.1 Å². The Hall–Kier alpha value is -1.76. The van der Waals surface area contributed by atoms with E-state index >= 15 is 0 Å². The molecule has 2 aromatic carbocycles. The van der Waals surface area contributed by atoms with Crippen molar-refractivity contribution in [3.05, 3.63) is 58.1 Å². The van der Waals surface area contributed by atoms with Crippen LogP contribution in [0, 0.1) is 5.92 Å². The molecule has 0 aromatic heterocycles. The van der Waals surface area contributed by atoms with Gasteiger partial charge in [0.15, 0.2) is 0 Å². The molecule has 1 N–H and O–H groups in total. The SMILES string of the molecule is C[C@@H](C1CC1)N(C)C(=O)c1cccc(NS(=O)(=O)c2ccc(Cl)c(Cl)c2)c1. The Morgan fingerprint density at radius 1 is 1.15 bits per heavy atom. The predicted molar refractivity (Wildman–Crippen MR) is 108 cm³/mol. The molecule has 1 amide bonds. The molecule has 1 saturated carbocycles. The van der Waals surface area contributed by atoms with Crippen LogP contribution in [0.15, 0.2) is 47.4 Å². The predicted octanol–water partition coefficient (Wildman–Crippen LogP) is 4.66. The minimum atomic E-state index is -3.85. The molecule has 3 rings (SSSR count). The third-order valence-corrected chi connectivity index (χ3v) is 6.92. The minimum absolute atomic E-state index is 0.00639. The zero-order valence-corrected chi connectivity index (χ0v) is 17.3. The maximum absolute atomic E-state index is 12.7. The molecule has 144 valence electrons. The fraction of sp³-hybridized carbons (Fsp3) is 0.316. The summed E-state index contributed by atoms with van der Waals surface area (Å²) in [5.74, 6) is 0.417. The quantitative estimate of drug-likeness (QED) is 0.729. The highest BCUT2D eigenvalue weighted by molar-refractivity contribution is 7.92. The highest BCUT2D eigenvalue weighted by Gasteiger charge is 2.32. The van der Waals surface area contributed by atoms with Crippen LogP contribution in [0.5, 0.6) is 0 Å². The zero-order valence-electron chi connectivity index (χ0n) is 14.9. The lowest BCUT2D eigenvalue weighted by Gasteiger charge is -2.25. The molecule has 0 unspecified atom stereocenters. The highest BCUT2D eigenvalue weighted by atomic mass is 35.5. The first-order chi connectivity index (χ1) is 12.7. The summed E-state index contributed by atoms with van der Waals surface area (Å²) in [6.45, 7) is 2.03. The first kappa shape index (κ1) is 20.0. The fourth-order valence-electron chi connectivity index (χ4n) is 2.86. The van der Waals surface area contributed by atoms with Crippen molar-refractivity contribution in [1.82, 2.24) is 4.90 Å². The van der Waals surface area contributed by atoms with E-state index in [0.29, 0.717) is 17.2 Å². The van der Waals surface area contributed by atoms with Crippen molar-refractivity contribution in [3.63, 3.8) is 0 Å². The van der Waals surface area contributed by atoms with Crippen LogP contribution in [0.25, 0.3) is 0 Å². The molecule has 1 fully saturated rings. The van der Waals surface area contributed by atoms with Crippen LogP contribution < -0.4 is 4.72 Å². The average molecular weight is 427 g/mol. The number of nitrogens with one attached hydrogen (secondary N) is 1. The molecule has 27 heavy (non-hydrogen) atoms. The van der Waals surface area contributed by atoms with Crippen molar-refractivity contribution in [1.29, 1.82) is 0 Å². The molecule has 1 atom stereocenters. The van der Waals surface area contributed by atoms with Gasteiger partial charge in [0.2, 0.25) is 0 Å². The second-order valence-corrected chi connectivity index (χ2v) is 9.25. The van der Waals surface area contributed by atoms with Gasteiger partial charge >= 0.3 is 0 Å². The molecule has 0 heterocycles. The van der Waals surface area contributed by atoms with Crippen molar-refractivity contribution in [2.75, 3.05) is 11.8 Å². The van der Waals surface area contributed by atoms with Crippen LogP contribution in [0.4, 0.5) is 5.69 Å². The van der Waals surface area contributed by atoms with Gasteiger partial charge in [0.25, 0.3) is 15.9 Å². The summed E-state index contributed by atoms with van der Waals surface area (Å²) >= 11 is 11.7. The average Bonchev–Trinajstić information content (AvgIpc) is 3.47.